The van der Waals surface area contributed by atoms with Gasteiger partial charge >= 0.3 is 12.2 Å². The molecule has 29 heavy (non-hydrogen) atoms. The first-order chi connectivity index (χ1) is 13.5. The third-order valence-corrected chi connectivity index (χ3v) is 4.69. The van der Waals surface area contributed by atoms with Gasteiger partial charge in [0.25, 0.3) is 5.91 Å². The molecule has 0 aromatic heterocycles. The van der Waals surface area contributed by atoms with Crippen molar-refractivity contribution in [3.63, 3.8) is 0 Å². The summed E-state index contributed by atoms with van der Waals surface area (Å²) in [7, 11) is 0. The number of amides is 4. The minimum absolute atomic E-state index is 0.0385. The first-order valence-electron chi connectivity index (χ1n) is 8.38. The quantitative estimate of drug-likeness (QED) is 0.732. The van der Waals surface area contributed by atoms with Gasteiger partial charge in [0.05, 0.1) is 5.56 Å². The molecule has 1 heterocycles. The van der Waals surface area contributed by atoms with Crippen molar-refractivity contribution in [3.05, 3.63) is 64.7 Å². The lowest BCUT2D eigenvalue weighted by molar-refractivity contribution is -0.138. The molecule has 0 spiro atoms. The number of urea groups is 1. The second-order valence-electron chi connectivity index (χ2n) is 6.58. The van der Waals surface area contributed by atoms with Crippen LogP contribution in [0, 0.1) is 0 Å². The number of nitrogens with zero attached hydrogens (tertiary/aromatic N) is 1. The Bertz CT molecular complexity index is 996. The molecule has 2 aromatic rings. The van der Waals surface area contributed by atoms with E-state index in [-0.39, 0.29) is 5.56 Å². The Kier molecular flexibility index (Phi) is 5.27. The second kappa shape index (κ2) is 7.40. The van der Waals surface area contributed by atoms with Crippen LogP contribution in [0.1, 0.15) is 18.1 Å². The Labute approximate surface area is 168 Å². The van der Waals surface area contributed by atoms with E-state index >= 15 is 0 Å². The predicted molar refractivity (Wildman–Crippen MR) is 99.1 cm³/mol. The van der Waals surface area contributed by atoms with Crippen molar-refractivity contribution in [3.8, 4) is 0 Å². The topological polar surface area (TPSA) is 78.5 Å². The molecule has 0 aliphatic carbocycles. The van der Waals surface area contributed by atoms with Gasteiger partial charge in [0.15, 0.2) is 0 Å². The number of carbonyl (C=O) groups is 3. The van der Waals surface area contributed by atoms with E-state index in [2.05, 4.69) is 10.6 Å². The van der Waals surface area contributed by atoms with E-state index in [0.29, 0.717) is 15.6 Å². The molecule has 4 amide bonds. The van der Waals surface area contributed by atoms with Crippen molar-refractivity contribution in [1.82, 2.24) is 10.2 Å². The molecule has 3 rings (SSSR count). The zero-order chi connectivity index (χ0) is 21.4. The highest BCUT2D eigenvalue weighted by Gasteiger charge is 2.50. The van der Waals surface area contributed by atoms with Gasteiger partial charge in [-0.2, -0.15) is 13.2 Å². The molecule has 0 saturated carbocycles. The maximum atomic E-state index is 13.0. The number of anilines is 1. The van der Waals surface area contributed by atoms with Crippen LogP contribution < -0.4 is 10.6 Å². The molecule has 2 N–H and O–H groups in total. The van der Waals surface area contributed by atoms with Gasteiger partial charge in [0.1, 0.15) is 12.1 Å². The molecule has 1 atom stereocenters. The lowest BCUT2D eigenvalue weighted by Gasteiger charge is -2.23. The molecule has 0 unspecified atom stereocenters. The fourth-order valence-corrected chi connectivity index (χ4v) is 3.14. The fraction of sp³-hybridized carbons (Fsp3) is 0.211. The number of carbonyl (C=O) groups excluding carboxylic acids is 3. The van der Waals surface area contributed by atoms with E-state index in [1.807, 2.05) is 0 Å². The Morgan fingerprint density at radius 1 is 1.17 bits per heavy atom. The van der Waals surface area contributed by atoms with Crippen LogP contribution >= 0.6 is 11.6 Å². The van der Waals surface area contributed by atoms with Crippen molar-refractivity contribution < 1.29 is 27.6 Å². The third kappa shape index (κ3) is 4.19. The smallest absolute Gasteiger partial charge is 0.324 e. The monoisotopic (exact) mass is 425 g/mol. The summed E-state index contributed by atoms with van der Waals surface area (Å²) in [4.78, 5) is 37.9. The summed E-state index contributed by atoms with van der Waals surface area (Å²) in [5, 5.41) is 5.26. The lowest BCUT2D eigenvalue weighted by atomic mass is 9.90. The Morgan fingerprint density at radius 3 is 2.52 bits per heavy atom. The van der Waals surface area contributed by atoms with Crippen molar-refractivity contribution in [2.75, 3.05) is 11.9 Å². The van der Waals surface area contributed by atoms with Crippen LogP contribution in [0.5, 0.6) is 0 Å². The van der Waals surface area contributed by atoms with E-state index in [0.717, 1.165) is 18.2 Å². The largest absolute Gasteiger partial charge is 0.416 e. The second-order valence-corrected chi connectivity index (χ2v) is 7.02. The molecular formula is C19H15ClF3N3O3. The first kappa shape index (κ1) is 20.7. The minimum Gasteiger partial charge on any atom is -0.324 e. The highest BCUT2D eigenvalue weighted by Crippen LogP contribution is 2.34. The zero-order valence-corrected chi connectivity index (χ0v) is 15.8. The Balaban J connectivity index is 1.79. The van der Waals surface area contributed by atoms with E-state index in [1.54, 1.807) is 18.2 Å². The number of imide groups is 1. The molecule has 1 aliphatic rings. The van der Waals surface area contributed by atoms with Crippen LogP contribution in [0.3, 0.4) is 0 Å². The fourth-order valence-electron chi connectivity index (χ4n) is 2.95. The van der Waals surface area contributed by atoms with Gasteiger partial charge in [0.2, 0.25) is 5.91 Å². The standard InChI is InChI=1S/C19H15ClF3N3O3/c1-18(11-4-2-5-12(8-11)19(21,22)23)16(28)26(17(29)25-18)10-15(27)24-14-7-3-6-13(20)9-14/h2-9H,10H2,1H3,(H,24,27)(H,25,29)/t18-/m1/s1. The number of nitrogens with one attached hydrogen (secondary N) is 2. The van der Waals surface area contributed by atoms with Crippen LogP contribution in [-0.4, -0.2) is 29.3 Å². The third-order valence-electron chi connectivity index (χ3n) is 4.45. The predicted octanol–water partition coefficient (Wildman–Crippen LogP) is 3.76. The van der Waals surface area contributed by atoms with Crippen LogP contribution in [0.15, 0.2) is 48.5 Å². The molecule has 6 nitrogen and oxygen atoms in total. The van der Waals surface area contributed by atoms with Gasteiger partial charge in [-0.25, -0.2) is 4.79 Å². The van der Waals surface area contributed by atoms with Crippen LogP contribution in [0.4, 0.5) is 23.7 Å². The number of hydrogen-bond donors (Lipinski definition) is 2. The molecule has 1 aliphatic heterocycles. The number of hydrogen-bond acceptors (Lipinski definition) is 3. The molecule has 0 radical (unpaired) electrons. The van der Waals surface area contributed by atoms with Crippen LogP contribution in [0.2, 0.25) is 5.02 Å². The summed E-state index contributed by atoms with van der Waals surface area (Å²) < 4.78 is 39.0. The van der Waals surface area contributed by atoms with Gasteiger partial charge in [-0.15, -0.1) is 0 Å². The van der Waals surface area contributed by atoms with Crippen LogP contribution in [0.25, 0.3) is 0 Å². The van der Waals surface area contributed by atoms with Crippen molar-refractivity contribution in [2.45, 2.75) is 18.6 Å². The molecular weight excluding hydrogens is 411 g/mol. The highest BCUT2D eigenvalue weighted by molar-refractivity contribution is 6.30. The van der Waals surface area contributed by atoms with E-state index in [1.165, 1.54) is 19.1 Å². The van der Waals surface area contributed by atoms with Crippen LogP contribution in [-0.2, 0) is 21.3 Å². The maximum absolute atomic E-state index is 13.0. The first-order valence-corrected chi connectivity index (χ1v) is 8.76. The number of benzene rings is 2. The van der Waals surface area contributed by atoms with Gasteiger partial charge in [-0.05, 0) is 42.8 Å². The Hall–Kier alpha value is -3.07. The summed E-state index contributed by atoms with van der Waals surface area (Å²) in [5.41, 5.74) is -2.34. The van der Waals surface area contributed by atoms with Gasteiger partial charge < -0.3 is 10.6 Å². The zero-order valence-electron chi connectivity index (χ0n) is 15.0. The average molecular weight is 426 g/mol. The number of alkyl halides is 3. The van der Waals surface area contributed by atoms with E-state index < -0.39 is 41.7 Å². The normalized spacial score (nSPS) is 19.3. The molecule has 0 bridgehead atoms. The maximum Gasteiger partial charge on any atom is 0.416 e. The highest BCUT2D eigenvalue weighted by atomic mass is 35.5. The Morgan fingerprint density at radius 2 is 1.86 bits per heavy atom. The average Bonchev–Trinajstić information content (AvgIpc) is 2.85. The summed E-state index contributed by atoms with van der Waals surface area (Å²) in [6.07, 6.45) is -4.60. The summed E-state index contributed by atoms with van der Waals surface area (Å²) in [6, 6.07) is 9.51. The molecule has 1 fully saturated rings. The molecule has 152 valence electrons. The summed E-state index contributed by atoms with van der Waals surface area (Å²) in [5.74, 6) is -1.49. The number of halogens is 4. The molecule has 1 saturated heterocycles. The number of rotatable bonds is 4. The molecule has 2 aromatic carbocycles. The van der Waals surface area contributed by atoms with E-state index in [9.17, 15) is 27.6 Å². The van der Waals surface area contributed by atoms with Gasteiger partial charge in [0, 0.05) is 10.7 Å². The summed E-state index contributed by atoms with van der Waals surface area (Å²) in [6.45, 7) is 0.684. The SMILES string of the molecule is C[C@]1(c2cccc(C(F)(F)F)c2)NC(=O)N(CC(=O)Nc2cccc(Cl)c2)C1=O. The van der Waals surface area contributed by atoms with E-state index in [4.69, 9.17) is 11.6 Å². The van der Waals surface area contributed by atoms with Crippen molar-refractivity contribution in [1.29, 1.82) is 0 Å². The lowest BCUT2D eigenvalue weighted by Crippen LogP contribution is -2.42. The minimum atomic E-state index is -4.60. The van der Waals surface area contributed by atoms with Crippen molar-refractivity contribution >= 4 is 35.1 Å². The summed E-state index contributed by atoms with van der Waals surface area (Å²) >= 11 is 5.83. The van der Waals surface area contributed by atoms with Gasteiger partial charge in [-0.1, -0.05) is 29.8 Å². The van der Waals surface area contributed by atoms with Gasteiger partial charge in [-0.3, -0.25) is 14.5 Å². The van der Waals surface area contributed by atoms with Crippen molar-refractivity contribution in [2.24, 2.45) is 0 Å². The molecule has 10 heteroatoms.